The lowest BCUT2D eigenvalue weighted by molar-refractivity contribution is 0.0569. The van der Waals surface area contributed by atoms with Crippen molar-refractivity contribution >= 4 is 0 Å². The van der Waals surface area contributed by atoms with Gasteiger partial charge in [0.15, 0.2) is 0 Å². The van der Waals surface area contributed by atoms with Gasteiger partial charge in [0, 0.05) is 12.5 Å². The van der Waals surface area contributed by atoms with Crippen LogP contribution in [0.1, 0.15) is 18.1 Å². The fourth-order valence-corrected chi connectivity index (χ4v) is 1.97. The zero-order valence-electron chi connectivity index (χ0n) is 10.3. The summed E-state index contributed by atoms with van der Waals surface area (Å²) in [5.41, 5.74) is -0.605. The number of halogens is 3. The SMILES string of the molecule is CC(O)(Cc1ccc(F)cc1)c1cc(F)cc(F)c1. The normalized spacial score (nSPS) is 14.2. The standard InChI is InChI=1S/C15H13F3O/c1-15(19,9-10-2-4-12(16)5-3-10)11-6-13(17)8-14(18)7-11/h2-8,19H,9H2,1H3. The molecule has 2 aromatic rings. The van der Waals surface area contributed by atoms with E-state index in [1.807, 2.05) is 0 Å². The van der Waals surface area contributed by atoms with Crippen LogP contribution < -0.4 is 0 Å². The molecule has 0 bridgehead atoms. The van der Waals surface area contributed by atoms with Crippen LogP contribution in [0.2, 0.25) is 0 Å². The van der Waals surface area contributed by atoms with Crippen molar-refractivity contribution < 1.29 is 18.3 Å². The molecule has 1 unspecified atom stereocenters. The van der Waals surface area contributed by atoms with Gasteiger partial charge in [-0.25, -0.2) is 13.2 Å². The van der Waals surface area contributed by atoms with Gasteiger partial charge in [0.1, 0.15) is 17.5 Å². The smallest absolute Gasteiger partial charge is 0.126 e. The van der Waals surface area contributed by atoms with E-state index in [9.17, 15) is 18.3 Å². The predicted molar refractivity (Wildman–Crippen MR) is 66.0 cm³/mol. The zero-order valence-corrected chi connectivity index (χ0v) is 10.3. The maximum absolute atomic E-state index is 13.1. The third kappa shape index (κ3) is 3.35. The molecule has 1 atom stereocenters. The molecule has 0 saturated heterocycles. The van der Waals surface area contributed by atoms with Gasteiger partial charge in [0.05, 0.1) is 5.60 Å². The van der Waals surface area contributed by atoms with E-state index in [-0.39, 0.29) is 17.8 Å². The molecular weight excluding hydrogens is 253 g/mol. The van der Waals surface area contributed by atoms with Gasteiger partial charge in [-0.2, -0.15) is 0 Å². The van der Waals surface area contributed by atoms with E-state index in [0.29, 0.717) is 5.56 Å². The molecule has 0 aliphatic heterocycles. The summed E-state index contributed by atoms with van der Waals surface area (Å²) in [4.78, 5) is 0. The molecule has 0 amide bonds. The number of aliphatic hydroxyl groups is 1. The zero-order chi connectivity index (χ0) is 14.0. The molecule has 0 aromatic heterocycles. The molecule has 2 rings (SSSR count). The van der Waals surface area contributed by atoms with Gasteiger partial charge in [-0.1, -0.05) is 12.1 Å². The second kappa shape index (κ2) is 5.05. The van der Waals surface area contributed by atoms with Gasteiger partial charge < -0.3 is 5.11 Å². The molecule has 0 aliphatic carbocycles. The van der Waals surface area contributed by atoms with Gasteiger partial charge in [-0.3, -0.25) is 0 Å². The Morgan fingerprint density at radius 1 is 0.895 bits per heavy atom. The summed E-state index contributed by atoms with van der Waals surface area (Å²) in [6.45, 7) is 1.46. The monoisotopic (exact) mass is 266 g/mol. The van der Waals surface area contributed by atoms with Gasteiger partial charge in [0.2, 0.25) is 0 Å². The van der Waals surface area contributed by atoms with Crippen molar-refractivity contribution in [1.29, 1.82) is 0 Å². The molecule has 0 fully saturated rings. The lowest BCUT2D eigenvalue weighted by Crippen LogP contribution is -2.24. The maximum Gasteiger partial charge on any atom is 0.126 e. The summed E-state index contributed by atoms with van der Waals surface area (Å²) < 4.78 is 39.1. The number of rotatable bonds is 3. The Bertz CT molecular complexity index is 556. The minimum Gasteiger partial charge on any atom is -0.385 e. The highest BCUT2D eigenvalue weighted by atomic mass is 19.1. The molecule has 1 nitrogen and oxygen atoms in total. The summed E-state index contributed by atoms with van der Waals surface area (Å²) in [5, 5.41) is 10.3. The molecule has 0 heterocycles. The molecule has 19 heavy (non-hydrogen) atoms. The molecule has 2 aromatic carbocycles. The van der Waals surface area contributed by atoms with E-state index in [2.05, 4.69) is 0 Å². The van der Waals surface area contributed by atoms with E-state index in [4.69, 9.17) is 0 Å². The Balaban J connectivity index is 2.28. The summed E-state index contributed by atoms with van der Waals surface area (Å²) in [7, 11) is 0. The van der Waals surface area contributed by atoms with Gasteiger partial charge in [-0.05, 0) is 42.3 Å². The molecule has 1 N–H and O–H groups in total. The largest absolute Gasteiger partial charge is 0.385 e. The minimum absolute atomic E-state index is 0.135. The first kappa shape index (κ1) is 13.6. The van der Waals surface area contributed by atoms with Crippen LogP contribution in [0.4, 0.5) is 13.2 Å². The highest BCUT2D eigenvalue weighted by Gasteiger charge is 2.25. The van der Waals surface area contributed by atoms with Crippen molar-refractivity contribution in [2.24, 2.45) is 0 Å². The predicted octanol–water partition coefficient (Wildman–Crippen LogP) is 3.55. The maximum atomic E-state index is 13.1. The Hall–Kier alpha value is -1.81. The first-order valence-electron chi connectivity index (χ1n) is 5.80. The average molecular weight is 266 g/mol. The summed E-state index contributed by atoms with van der Waals surface area (Å²) in [5.74, 6) is -1.86. The van der Waals surface area contributed by atoms with Crippen LogP contribution >= 0.6 is 0 Å². The van der Waals surface area contributed by atoms with Crippen LogP contribution in [0.15, 0.2) is 42.5 Å². The van der Waals surface area contributed by atoms with E-state index in [1.54, 1.807) is 0 Å². The van der Waals surface area contributed by atoms with Crippen molar-refractivity contribution in [3.05, 3.63) is 71.0 Å². The Labute approximate surface area is 109 Å². The first-order chi connectivity index (χ1) is 8.87. The molecule has 0 radical (unpaired) electrons. The number of hydrogen-bond donors (Lipinski definition) is 1. The Morgan fingerprint density at radius 3 is 1.95 bits per heavy atom. The third-order valence-corrected chi connectivity index (χ3v) is 2.95. The van der Waals surface area contributed by atoms with Crippen LogP contribution in [0.3, 0.4) is 0 Å². The molecule has 0 saturated carbocycles. The summed E-state index contributed by atoms with van der Waals surface area (Å²) in [6.07, 6.45) is 0.135. The molecule has 0 aliphatic rings. The molecule has 0 spiro atoms. The average Bonchev–Trinajstić information content (AvgIpc) is 2.31. The highest BCUT2D eigenvalue weighted by molar-refractivity contribution is 5.27. The van der Waals surface area contributed by atoms with Gasteiger partial charge in [0.25, 0.3) is 0 Å². The first-order valence-corrected chi connectivity index (χ1v) is 5.80. The van der Waals surface area contributed by atoms with Crippen molar-refractivity contribution in [3.8, 4) is 0 Å². The van der Waals surface area contributed by atoms with Crippen molar-refractivity contribution in [1.82, 2.24) is 0 Å². The topological polar surface area (TPSA) is 20.2 Å². The minimum atomic E-state index is -1.43. The van der Waals surface area contributed by atoms with Gasteiger partial charge >= 0.3 is 0 Å². The van der Waals surface area contributed by atoms with Crippen molar-refractivity contribution in [2.75, 3.05) is 0 Å². The van der Waals surface area contributed by atoms with Crippen molar-refractivity contribution in [3.63, 3.8) is 0 Å². The van der Waals surface area contributed by atoms with E-state index >= 15 is 0 Å². The van der Waals surface area contributed by atoms with Crippen LogP contribution in [0.5, 0.6) is 0 Å². The van der Waals surface area contributed by atoms with Crippen LogP contribution in [-0.2, 0) is 12.0 Å². The highest BCUT2D eigenvalue weighted by Crippen LogP contribution is 2.26. The second-order valence-corrected chi connectivity index (χ2v) is 4.74. The lowest BCUT2D eigenvalue weighted by Gasteiger charge is -2.24. The Morgan fingerprint density at radius 2 is 1.42 bits per heavy atom. The number of benzene rings is 2. The molecule has 100 valence electrons. The third-order valence-electron chi connectivity index (χ3n) is 2.95. The van der Waals surface area contributed by atoms with E-state index < -0.39 is 17.2 Å². The Kier molecular flexibility index (Phi) is 3.62. The van der Waals surface area contributed by atoms with Crippen molar-refractivity contribution in [2.45, 2.75) is 18.9 Å². The van der Waals surface area contributed by atoms with Crippen LogP contribution in [-0.4, -0.2) is 5.11 Å². The molecular formula is C15H13F3O. The summed E-state index contributed by atoms with van der Waals surface area (Å²) >= 11 is 0. The summed E-state index contributed by atoms with van der Waals surface area (Å²) in [6, 6.07) is 8.53. The fourth-order valence-electron chi connectivity index (χ4n) is 1.97. The van der Waals surface area contributed by atoms with Gasteiger partial charge in [-0.15, -0.1) is 0 Å². The fraction of sp³-hybridized carbons (Fsp3) is 0.200. The van der Waals surface area contributed by atoms with Crippen LogP contribution in [0.25, 0.3) is 0 Å². The quantitative estimate of drug-likeness (QED) is 0.900. The second-order valence-electron chi connectivity index (χ2n) is 4.74. The number of hydrogen-bond acceptors (Lipinski definition) is 1. The molecule has 4 heteroatoms. The van der Waals surface area contributed by atoms with E-state index in [1.165, 1.54) is 31.2 Å². The van der Waals surface area contributed by atoms with Crippen LogP contribution in [0, 0.1) is 17.5 Å². The van der Waals surface area contributed by atoms with E-state index in [0.717, 1.165) is 18.2 Å². The lowest BCUT2D eigenvalue weighted by atomic mass is 9.89.